The highest BCUT2D eigenvalue weighted by Gasteiger charge is 2.72. The van der Waals surface area contributed by atoms with Crippen LogP contribution in [0.25, 0.3) is 16.9 Å². The minimum atomic E-state index is -2.67. The number of carbonyl (C=O) groups excluding carboxylic acids is 4. The molecular weight excluding hydrogens is 540 g/mol. The van der Waals surface area contributed by atoms with E-state index in [1.807, 2.05) is 0 Å². The van der Waals surface area contributed by atoms with Gasteiger partial charge in [-0.15, -0.1) is 0 Å². The predicted molar refractivity (Wildman–Crippen MR) is 153 cm³/mol. The molecule has 9 heteroatoms. The number of hydrogen-bond donors (Lipinski definition) is 4. The first kappa shape index (κ1) is 29.3. The van der Waals surface area contributed by atoms with Gasteiger partial charge < -0.3 is 25.2 Å². The number of rotatable bonds is 5. The molecule has 42 heavy (non-hydrogen) atoms. The summed E-state index contributed by atoms with van der Waals surface area (Å²) in [4.78, 5) is 52.3. The summed E-state index contributed by atoms with van der Waals surface area (Å²) in [7, 11) is 1.45. The molecule has 0 spiro atoms. The van der Waals surface area contributed by atoms with Crippen molar-refractivity contribution in [2.45, 2.75) is 53.1 Å². The smallest absolute Gasteiger partial charge is 0.203 e. The minimum Gasteiger partial charge on any atom is -0.508 e. The highest BCUT2D eigenvalue weighted by atomic mass is 16.5. The lowest BCUT2D eigenvalue weighted by Gasteiger charge is -2.59. The molecule has 0 aromatic heterocycles. The molecule has 1 saturated carbocycles. The van der Waals surface area contributed by atoms with Gasteiger partial charge in [-0.25, -0.2) is 0 Å². The lowest BCUT2D eigenvalue weighted by molar-refractivity contribution is -0.178. The average Bonchev–Trinajstić information content (AvgIpc) is 2.90. The van der Waals surface area contributed by atoms with Crippen LogP contribution in [0.1, 0.15) is 62.5 Å². The van der Waals surface area contributed by atoms with Crippen LogP contribution in [0.4, 0.5) is 0 Å². The van der Waals surface area contributed by atoms with Crippen molar-refractivity contribution in [2.75, 3.05) is 7.11 Å². The van der Waals surface area contributed by atoms with Crippen molar-refractivity contribution in [3.63, 3.8) is 0 Å². The van der Waals surface area contributed by atoms with Gasteiger partial charge in [0.05, 0.1) is 18.2 Å². The molecule has 3 aliphatic carbocycles. The van der Waals surface area contributed by atoms with Gasteiger partial charge in [-0.3, -0.25) is 19.2 Å². The number of phenolic OH excluding ortho intramolecular Hbond substituents is 1. The number of benzene rings is 2. The number of aliphatic hydroxyl groups is 3. The summed E-state index contributed by atoms with van der Waals surface area (Å²) in [5, 5.41) is 46.0. The number of fused-ring (bicyclic) bond motifs is 3. The zero-order valence-corrected chi connectivity index (χ0v) is 24.4. The average molecular weight is 575 g/mol. The fourth-order valence-corrected chi connectivity index (χ4v) is 7.98. The molecule has 2 aromatic rings. The first-order chi connectivity index (χ1) is 19.6. The maximum absolute atomic E-state index is 14.4. The Morgan fingerprint density at radius 1 is 1.10 bits per heavy atom. The number of aldehydes is 1. The Bertz CT molecular complexity index is 1660. The van der Waals surface area contributed by atoms with Crippen LogP contribution in [0.2, 0.25) is 0 Å². The largest absolute Gasteiger partial charge is 0.508 e. The van der Waals surface area contributed by atoms with Gasteiger partial charge in [0.1, 0.15) is 28.6 Å². The topological polar surface area (TPSA) is 158 Å². The second-order valence-electron chi connectivity index (χ2n) is 12.5. The van der Waals surface area contributed by atoms with E-state index in [4.69, 9.17) is 4.74 Å². The number of hydrogen-bond acceptors (Lipinski definition) is 9. The molecule has 0 bridgehead atoms. The third kappa shape index (κ3) is 3.59. The maximum atomic E-state index is 14.4. The van der Waals surface area contributed by atoms with Crippen LogP contribution in [0.3, 0.4) is 0 Å². The van der Waals surface area contributed by atoms with E-state index < -0.39 is 62.7 Å². The second kappa shape index (κ2) is 9.39. The van der Waals surface area contributed by atoms with E-state index in [2.05, 4.69) is 0 Å². The number of aliphatic hydroxyl groups excluding tert-OH is 2. The fourth-order valence-electron chi connectivity index (χ4n) is 7.98. The van der Waals surface area contributed by atoms with Crippen LogP contribution in [-0.2, 0) is 20.8 Å². The molecule has 1 unspecified atom stereocenters. The Labute approximate surface area is 243 Å². The molecule has 0 saturated heterocycles. The third-order valence-corrected chi connectivity index (χ3v) is 9.56. The van der Waals surface area contributed by atoms with Gasteiger partial charge >= 0.3 is 0 Å². The molecule has 5 rings (SSSR count). The van der Waals surface area contributed by atoms with Gasteiger partial charge in [-0.1, -0.05) is 39.8 Å². The normalized spacial score (nSPS) is 28.8. The van der Waals surface area contributed by atoms with Crippen LogP contribution in [-0.4, -0.2) is 56.8 Å². The first-order valence-corrected chi connectivity index (χ1v) is 13.8. The van der Waals surface area contributed by atoms with Gasteiger partial charge in [0.15, 0.2) is 23.5 Å². The van der Waals surface area contributed by atoms with Gasteiger partial charge in [-0.05, 0) is 60.6 Å². The van der Waals surface area contributed by atoms with Crippen molar-refractivity contribution in [1.82, 2.24) is 0 Å². The Morgan fingerprint density at radius 3 is 2.33 bits per heavy atom. The van der Waals surface area contributed by atoms with E-state index in [0.29, 0.717) is 34.3 Å². The molecule has 9 nitrogen and oxygen atoms in total. The van der Waals surface area contributed by atoms with E-state index in [1.165, 1.54) is 13.2 Å². The van der Waals surface area contributed by atoms with Crippen LogP contribution in [0.15, 0.2) is 47.2 Å². The predicted octanol–water partition coefficient (Wildman–Crippen LogP) is 4.68. The van der Waals surface area contributed by atoms with E-state index in [9.17, 15) is 39.6 Å². The lowest BCUT2D eigenvalue weighted by Crippen LogP contribution is -2.69. The zero-order valence-electron chi connectivity index (χ0n) is 24.4. The minimum absolute atomic E-state index is 0.00782. The number of carbonyl (C=O) groups is 4. The second-order valence-corrected chi connectivity index (χ2v) is 12.5. The van der Waals surface area contributed by atoms with Crippen molar-refractivity contribution >= 4 is 29.4 Å². The summed E-state index contributed by atoms with van der Waals surface area (Å²) in [5.74, 6) is -5.33. The van der Waals surface area contributed by atoms with E-state index in [-0.39, 0.29) is 29.7 Å². The number of Topliss-reactive ketones (excluding diaryl/α,β-unsaturated/α-hetero) is 3. The summed E-state index contributed by atoms with van der Waals surface area (Å²) in [6, 6.07) is 8.03. The number of ether oxygens (including phenoxy) is 1. The van der Waals surface area contributed by atoms with Gasteiger partial charge in [0, 0.05) is 22.3 Å². The number of methoxy groups -OCH3 is 1. The number of ketones is 3. The Hall–Kier alpha value is -4.24. The van der Waals surface area contributed by atoms with E-state index in [1.54, 1.807) is 52.0 Å². The summed E-state index contributed by atoms with van der Waals surface area (Å²) in [5.41, 5.74) is -4.17. The molecule has 0 heterocycles. The molecule has 0 amide bonds. The van der Waals surface area contributed by atoms with Crippen LogP contribution in [0, 0.1) is 22.7 Å². The van der Waals surface area contributed by atoms with Crippen molar-refractivity contribution < 1.29 is 44.3 Å². The standard InChI is InChI=1S/C33H34O9/c1-15(2)25-27(37)23(16(3)35)29(39)33(41)30(40)26-28(38)24-20(12-31(26,4)14-32(25,33)5)19(8-9-21(24)36)17-7-10-22(42-6)18(11-17)13-34/h7-11,13,15,25,36,38-39,41H,12,14H2,1-6H3/t25?,31-,32-,33+/m1/s1. The number of allylic oxidation sites excluding steroid dienone is 1. The maximum Gasteiger partial charge on any atom is 0.203 e. The molecule has 0 aliphatic heterocycles. The van der Waals surface area contributed by atoms with Crippen LogP contribution < -0.4 is 4.74 Å². The Morgan fingerprint density at radius 2 is 1.76 bits per heavy atom. The summed E-state index contributed by atoms with van der Waals surface area (Å²) in [6.07, 6.45) is 0.769. The molecule has 4 atom stereocenters. The summed E-state index contributed by atoms with van der Waals surface area (Å²) < 4.78 is 5.26. The zero-order chi connectivity index (χ0) is 31.1. The van der Waals surface area contributed by atoms with Crippen LogP contribution >= 0.6 is 0 Å². The van der Waals surface area contributed by atoms with Gasteiger partial charge in [0.2, 0.25) is 5.78 Å². The number of phenols is 1. The highest BCUT2D eigenvalue weighted by Crippen LogP contribution is 2.65. The molecule has 3 aliphatic rings. The molecule has 0 radical (unpaired) electrons. The Kier molecular flexibility index (Phi) is 6.54. The van der Waals surface area contributed by atoms with Crippen molar-refractivity contribution in [3.05, 3.63) is 63.9 Å². The van der Waals surface area contributed by atoms with E-state index in [0.717, 1.165) is 6.92 Å². The molecular formula is C33H34O9. The molecule has 4 N–H and O–H groups in total. The van der Waals surface area contributed by atoms with Gasteiger partial charge in [-0.2, -0.15) is 0 Å². The summed E-state index contributed by atoms with van der Waals surface area (Å²) >= 11 is 0. The Balaban J connectivity index is 1.81. The molecule has 220 valence electrons. The van der Waals surface area contributed by atoms with Crippen molar-refractivity contribution in [3.8, 4) is 22.6 Å². The SMILES string of the molecule is COc1ccc(-c2ccc(O)c3c2C[C@]2(C)C[C@]4(C)C(C(C)C)C(=O)C(C(C)=O)=C(O)[C@]4(O)C(=O)C2=C3O)cc1C=O. The third-order valence-electron chi connectivity index (χ3n) is 9.56. The number of aromatic hydroxyl groups is 1. The first-order valence-electron chi connectivity index (χ1n) is 13.8. The van der Waals surface area contributed by atoms with E-state index >= 15 is 0 Å². The van der Waals surface area contributed by atoms with Crippen molar-refractivity contribution in [1.29, 1.82) is 0 Å². The fraction of sp³-hybridized carbons (Fsp3) is 0.394. The molecule has 2 aromatic carbocycles. The van der Waals surface area contributed by atoms with Gasteiger partial charge in [0.25, 0.3) is 0 Å². The molecule has 1 fully saturated rings. The quantitative estimate of drug-likeness (QED) is 0.294. The van der Waals surface area contributed by atoms with Crippen molar-refractivity contribution in [2.24, 2.45) is 22.7 Å². The van der Waals surface area contributed by atoms with Crippen LogP contribution in [0.5, 0.6) is 11.5 Å². The lowest BCUT2D eigenvalue weighted by atomic mass is 9.43. The highest BCUT2D eigenvalue weighted by molar-refractivity contribution is 6.24. The monoisotopic (exact) mass is 574 g/mol. The summed E-state index contributed by atoms with van der Waals surface area (Å²) in [6.45, 7) is 7.91.